The molecule has 0 saturated carbocycles. The summed E-state index contributed by atoms with van der Waals surface area (Å²) in [6, 6.07) is 0. The summed E-state index contributed by atoms with van der Waals surface area (Å²) < 4.78 is 0.671. The molecule has 1 heteroatoms. The third kappa shape index (κ3) is 8.53. The Labute approximate surface area is 65.7 Å². The smallest absolute Gasteiger partial charge is 0.0945 e. The lowest BCUT2D eigenvalue weighted by atomic mass is 10.2. The maximum Gasteiger partial charge on any atom is 0.244 e. The summed E-state index contributed by atoms with van der Waals surface area (Å²) in [6.45, 7) is 11.7. The molecular formula is C8H19Al. The van der Waals surface area contributed by atoms with Gasteiger partial charge in [0.25, 0.3) is 0 Å². The van der Waals surface area contributed by atoms with Crippen LogP contribution in [0.2, 0.25) is 9.56 Å². The van der Waals surface area contributed by atoms with Crippen LogP contribution in [0.25, 0.3) is 0 Å². The van der Waals surface area contributed by atoms with E-state index in [1.807, 2.05) is 0 Å². The Kier molecular flexibility index (Phi) is 3.86. The molecule has 0 fully saturated rings. The van der Waals surface area contributed by atoms with Gasteiger partial charge in [0.1, 0.15) is 0 Å². The maximum atomic E-state index is 2.36. The minimum atomic E-state index is 0.202. The highest BCUT2D eigenvalue weighted by Gasteiger charge is 2.13. The SMILES string of the molecule is CC(C)[CH2][AlH][C](C)(C)C. The Morgan fingerprint density at radius 2 is 1.67 bits per heavy atom. The molecule has 0 aromatic rings. The van der Waals surface area contributed by atoms with E-state index in [0.29, 0.717) is 4.28 Å². The molecule has 0 N–H and O–H groups in total. The monoisotopic (exact) mass is 142 g/mol. The van der Waals surface area contributed by atoms with Crippen LogP contribution in [0, 0.1) is 5.92 Å². The van der Waals surface area contributed by atoms with E-state index in [4.69, 9.17) is 0 Å². The highest BCUT2D eigenvalue weighted by Crippen LogP contribution is 2.23. The summed E-state index contributed by atoms with van der Waals surface area (Å²) in [7, 11) is 0. The van der Waals surface area contributed by atoms with Crippen molar-refractivity contribution in [2.45, 2.75) is 44.2 Å². The predicted octanol–water partition coefficient (Wildman–Crippen LogP) is 2.72. The van der Waals surface area contributed by atoms with Crippen LogP contribution in [0.15, 0.2) is 0 Å². The summed E-state index contributed by atoms with van der Waals surface area (Å²) in [5.74, 6) is 0.927. The fraction of sp³-hybridized carbons (Fsp3) is 1.00. The van der Waals surface area contributed by atoms with Gasteiger partial charge in [-0.25, -0.2) is 0 Å². The summed E-state index contributed by atoms with van der Waals surface area (Å²) in [6.07, 6.45) is 0. The second-order valence-corrected chi connectivity index (χ2v) is 7.69. The molecule has 0 spiro atoms. The molecule has 0 nitrogen and oxygen atoms in total. The van der Waals surface area contributed by atoms with Crippen LogP contribution in [0.4, 0.5) is 0 Å². The molecule has 0 aromatic carbocycles. The van der Waals surface area contributed by atoms with Crippen molar-refractivity contribution in [1.82, 2.24) is 0 Å². The first-order chi connectivity index (χ1) is 3.92. The van der Waals surface area contributed by atoms with Gasteiger partial charge in [0, 0.05) is 0 Å². The van der Waals surface area contributed by atoms with Crippen molar-refractivity contribution in [2.75, 3.05) is 0 Å². The standard InChI is InChI=1S/2C4H9.Al.H/c2*1-4(2)3;;/h1-3H3;4H,1H2,2-3H3;;. The number of hydrogen-bond acceptors (Lipinski definition) is 0. The number of hydrogen-bond donors (Lipinski definition) is 0. The molecule has 54 valence electrons. The molecule has 0 unspecified atom stereocenters. The van der Waals surface area contributed by atoms with Crippen molar-refractivity contribution in [3.05, 3.63) is 0 Å². The molecule has 0 aliphatic rings. The second-order valence-electron chi connectivity index (χ2n) is 4.49. The van der Waals surface area contributed by atoms with Crippen LogP contribution >= 0.6 is 0 Å². The molecule has 0 aliphatic carbocycles. The second kappa shape index (κ2) is 3.64. The molecule has 0 atom stereocenters. The largest absolute Gasteiger partial charge is 0.244 e. The Morgan fingerprint density at radius 3 is 1.78 bits per heavy atom. The van der Waals surface area contributed by atoms with Gasteiger partial charge in [0.2, 0.25) is 15.2 Å². The minimum Gasteiger partial charge on any atom is -0.0945 e. The zero-order chi connectivity index (χ0) is 7.49. The van der Waals surface area contributed by atoms with E-state index in [1.165, 1.54) is 5.28 Å². The molecular weight excluding hydrogens is 123 g/mol. The third-order valence-corrected chi connectivity index (χ3v) is 4.42. The first-order valence-corrected chi connectivity index (χ1v) is 5.62. The van der Waals surface area contributed by atoms with Gasteiger partial charge < -0.3 is 0 Å². The van der Waals surface area contributed by atoms with Gasteiger partial charge in [0.15, 0.2) is 0 Å². The van der Waals surface area contributed by atoms with Crippen molar-refractivity contribution in [2.24, 2.45) is 5.92 Å². The topological polar surface area (TPSA) is 0 Å². The average molecular weight is 142 g/mol. The maximum absolute atomic E-state index is 2.36. The van der Waals surface area contributed by atoms with Crippen molar-refractivity contribution in [3.8, 4) is 0 Å². The molecule has 0 bridgehead atoms. The van der Waals surface area contributed by atoms with Crippen LogP contribution in [0.3, 0.4) is 0 Å². The summed E-state index contributed by atoms with van der Waals surface area (Å²) in [4.78, 5) is 0. The van der Waals surface area contributed by atoms with Crippen molar-refractivity contribution in [3.63, 3.8) is 0 Å². The quantitative estimate of drug-likeness (QED) is 0.520. The zero-order valence-electron chi connectivity index (χ0n) is 7.49. The van der Waals surface area contributed by atoms with E-state index in [1.54, 1.807) is 0 Å². The lowest BCUT2D eigenvalue weighted by molar-refractivity contribution is 0.689. The van der Waals surface area contributed by atoms with Gasteiger partial charge in [-0.1, -0.05) is 50.1 Å². The van der Waals surface area contributed by atoms with E-state index >= 15 is 0 Å². The minimum absolute atomic E-state index is 0.202. The molecule has 0 amide bonds. The fourth-order valence-electron chi connectivity index (χ4n) is 0.722. The van der Waals surface area contributed by atoms with Crippen LogP contribution in [0.5, 0.6) is 0 Å². The molecule has 0 saturated heterocycles. The Hall–Kier alpha value is 0.532. The van der Waals surface area contributed by atoms with E-state index in [9.17, 15) is 0 Å². The first-order valence-electron chi connectivity index (χ1n) is 3.92. The first kappa shape index (κ1) is 9.53. The molecule has 0 rings (SSSR count). The predicted molar refractivity (Wildman–Crippen MR) is 46.5 cm³/mol. The molecule has 0 radical (unpaired) electrons. The summed E-state index contributed by atoms with van der Waals surface area (Å²) in [5.41, 5.74) is 0. The van der Waals surface area contributed by atoms with Crippen LogP contribution in [0.1, 0.15) is 34.6 Å². The fourth-order valence-corrected chi connectivity index (χ4v) is 2.17. The third-order valence-electron chi connectivity index (χ3n) is 1.47. The summed E-state index contributed by atoms with van der Waals surface area (Å²) >= 11 is 0.202. The summed E-state index contributed by atoms with van der Waals surface area (Å²) in [5, 5.41) is 1.50. The Balaban J connectivity index is 3.28. The van der Waals surface area contributed by atoms with Crippen molar-refractivity contribution >= 4 is 15.2 Å². The van der Waals surface area contributed by atoms with E-state index in [0.717, 1.165) is 5.92 Å². The Morgan fingerprint density at radius 1 is 1.22 bits per heavy atom. The van der Waals surface area contributed by atoms with Gasteiger partial charge in [0.05, 0.1) is 0 Å². The van der Waals surface area contributed by atoms with Crippen LogP contribution in [-0.4, -0.2) is 15.2 Å². The highest BCUT2D eigenvalue weighted by molar-refractivity contribution is 6.39. The highest BCUT2D eigenvalue weighted by atomic mass is 27.1. The van der Waals surface area contributed by atoms with Gasteiger partial charge in [-0.2, -0.15) is 0 Å². The number of rotatable bonds is 2. The van der Waals surface area contributed by atoms with Crippen LogP contribution in [-0.2, 0) is 0 Å². The van der Waals surface area contributed by atoms with E-state index in [-0.39, 0.29) is 15.2 Å². The van der Waals surface area contributed by atoms with Gasteiger partial charge in [-0.3, -0.25) is 0 Å². The molecule has 9 heavy (non-hydrogen) atoms. The van der Waals surface area contributed by atoms with Crippen molar-refractivity contribution < 1.29 is 0 Å². The van der Waals surface area contributed by atoms with Gasteiger partial charge >= 0.3 is 0 Å². The van der Waals surface area contributed by atoms with Gasteiger partial charge in [-0.05, 0) is 0 Å². The van der Waals surface area contributed by atoms with E-state index in [2.05, 4.69) is 34.6 Å². The lowest BCUT2D eigenvalue weighted by Gasteiger charge is -2.16. The zero-order valence-corrected chi connectivity index (χ0v) is 8.91. The average Bonchev–Trinajstić information content (AvgIpc) is 1.59. The Bertz CT molecular complexity index is 69.1. The molecule has 0 heterocycles. The molecule has 0 aromatic heterocycles. The van der Waals surface area contributed by atoms with E-state index < -0.39 is 0 Å². The lowest BCUT2D eigenvalue weighted by Crippen LogP contribution is -2.09. The van der Waals surface area contributed by atoms with Crippen LogP contribution < -0.4 is 0 Å². The normalized spacial score (nSPS) is 12.2. The van der Waals surface area contributed by atoms with Crippen molar-refractivity contribution in [1.29, 1.82) is 0 Å². The van der Waals surface area contributed by atoms with Gasteiger partial charge in [-0.15, -0.1) is 0 Å². The molecule has 0 aliphatic heterocycles.